The molecule has 5 heteroatoms. The standard InChI is InChI=1S/C62H80BN2OS/c1-16-22-52(55-35-43-23-18-19-27-54(43)67-55)65-46-25-20-24-45(36-46)64(44-26-21-29-58(6,7)31-32-59(8,9)30-28-44)47(37-48(41(3)4)42(5)60(10,11)17-2)40-63-57-56(65)49-38-50-51(39-53(49)66-57)62(14,15)34-33-61(50,12)13/h16,18-21,23-24,26-30,35-36,38-41,46,48,52H,1,5,17,22,25,31-34,37H2,2-4,6-15H3/b29-21+,30-28+,44-26+,47-40-. The topological polar surface area (TPSA) is 19.6 Å². The van der Waals surface area contributed by atoms with E-state index in [0.717, 1.165) is 62.6 Å². The Morgan fingerprint density at radius 1 is 0.910 bits per heavy atom. The van der Waals surface area contributed by atoms with E-state index in [1.807, 2.05) is 11.3 Å². The predicted molar refractivity (Wildman–Crippen MR) is 294 cm³/mol. The minimum Gasteiger partial charge on any atom is -0.469 e. The van der Waals surface area contributed by atoms with Gasteiger partial charge in [-0.25, -0.2) is 0 Å². The number of allylic oxidation sites excluding steroid dienone is 8. The molecule has 3 unspecified atom stereocenters. The van der Waals surface area contributed by atoms with Crippen molar-refractivity contribution in [3.63, 3.8) is 0 Å². The van der Waals surface area contributed by atoms with E-state index < -0.39 is 0 Å². The number of fused-ring (bicyclic) bond motifs is 6. The molecular weight excluding hydrogens is 832 g/mol. The zero-order chi connectivity index (χ0) is 48.3. The molecule has 3 heterocycles. The Morgan fingerprint density at radius 2 is 1.60 bits per heavy atom. The first kappa shape index (κ1) is 49.0. The summed E-state index contributed by atoms with van der Waals surface area (Å²) in [6, 6.07) is 16.3. The summed E-state index contributed by atoms with van der Waals surface area (Å²) in [5.74, 6) is 3.06. The van der Waals surface area contributed by atoms with Crippen molar-refractivity contribution in [1.82, 2.24) is 4.90 Å². The van der Waals surface area contributed by atoms with Gasteiger partial charge in [-0.3, -0.25) is 0 Å². The molecule has 0 N–H and O–H groups in total. The summed E-state index contributed by atoms with van der Waals surface area (Å²) in [6.07, 6.45) is 29.6. The second-order valence-corrected chi connectivity index (χ2v) is 25.3. The molecule has 1 aliphatic heterocycles. The Balaban J connectivity index is 1.44. The molecule has 8 rings (SSSR count). The lowest BCUT2D eigenvalue weighted by Crippen LogP contribution is -2.42. The Morgan fingerprint density at radius 3 is 2.27 bits per heavy atom. The van der Waals surface area contributed by atoms with Gasteiger partial charge in [-0.2, -0.15) is 0 Å². The molecule has 67 heavy (non-hydrogen) atoms. The van der Waals surface area contributed by atoms with Crippen LogP contribution in [0.25, 0.3) is 21.1 Å². The molecule has 0 amide bonds. The van der Waals surface area contributed by atoms with Crippen LogP contribution in [0.1, 0.15) is 163 Å². The lowest BCUT2D eigenvalue weighted by atomic mass is 9.63. The molecule has 0 spiro atoms. The summed E-state index contributed by atoms with van der Waals surface area (Å²) in [7, 11) is 2.33. The number of hydrogen-bond donors (Lipinski definition) is 0. The smallest absolute Gasteiger partial charge is 0.236 e. The van der Waals surface area contributed by atoms with E-state index in [1.165, 1.54) is 59.8 Å². The third-order valence-electron chi connectivity index (χ3n) is 16.4. The summed E-state index contributed by atoms with van der Waals surface area (Å²) in [4.78, 5) is 6.67. The van der Waals surface area contributed by atoms with Crippen LogP contribution in [0.5, 0.6) is 0 Å². The molecule has 0 saturated carbocycles. The summed E-state index contributed by atoms with van der Waals surface area (Å²) in [6.45, 7) is 40.4. The van der Waals surface area contributed by atoms with Gasteiger partial charge in [0, 0.05) is 32.1 Å². The average molecular weight is 912 g/mol. The van der Waals surface area contributed by atoms with Crippen LogP contribution < -0.4 is 10.6 Å². The zero-order valence-electron chi connectivity index (χ0n) is 43.5. The molecule has 3 nitrogen and oxygen atoms in total. The first-order chi connectivity index (χ1) is 31.5. The summed E-state index contributed by atoms with van der Waals surface area (Å²) in [5.41, 5.74) is 11.1. The molecule has 2 aromatic heterocycles. The van der Waals surface area contributed by atoms with Gasteiger partial charge in [-0.15, -0.1) is 17.9 Å². The minimum absolute atomic E-state index is 0.00286. The van der Waals surface area contributed by atoms with Crippen LogP contribution in [0.3, 0.4) is 0 Å². The van der Waals surface area contributed by atoms with Crippen molar-refractivity contribution in [3.05, 3.63) is 155 Å². The molecule has 2 bridgehead atoms. The fourth-order valence-electron chi connectivity index (χ4n) is 11.1. The van der Waals surface area contributed by atoms with Crippen LogP contribution in [0.4, 0.5) is 5.69 Å². The Bertz CT molecular complexity index is 2680. The van der Waals surface area contributed by atoms with E-state index in [9.17, 15) is 0 Å². The highest BCUT2D eigenvalue weighted by Crippen LogP contribution is 2.51. The van der Waals surface area contributed by atoms with Crippen LogP contribution in [0, 0.1) is 28.1 Å². The minimum atomic E-state index is 0.00286. The van der Waals surface area contributed by atoms with Crippen molar-refractivity contribution in [3.8, 4) is 0 Å². The third kappa shape index (κ3) is 9.88. The van der Waals surface area contributed by atoms with Gasteiger partial charge in [0.25, 0.3) is 0 Å². The predicted octanol–water partition coefficient (Wildman–Crippen LogP) is 17.3. The molecule has 3 aliphatic carbocycles. The second kappa shape index (κ2) is 18.5. The van der Waals surface area contributed by atoms with Crippen LogP contribution in [0.2, 0.25) is 0 Å². The molecule has 4 aliphatic rings. The van der Waals surface area contributed by atoms with E-state index >= 15 is 0 Å². The summed E-state index contributed by atoms with van der Waals surface area (Å²) < 4.78 is 8.69. The SMILES string of the molecule is C=CCC(c1cc2ccccc2s1)N1c2c(oc3cc4c(cc23)C(C)(C)CCC4(C)C)[B]/C=C(/CC(C(=C)C(C)(C)CC)C(C)C)N(C2=C/C=C/C(C)(C)CCC(C)(C)\C=C\2)C2=CC1CC=C2. The van der Waals surface area contributed by atoms with E-state index in [-0.39, 0.29) is 45.1 Å². The summed E-state index contributed by atoms with van der Waals surface area (Å²) in [5, 5.41) is 2.49. The van der Waals surface area contributed by atoms with Crippen molar-refractivity contribution in [1.29, 1.82) is 0 Å². The summed E-state index contributed by atoms with van der Waals surface area (Å²) >= 11 is 1.92. The highest BCUT2D eigenvalue weighted by molar-refractivity contribution is 7.19. The van der Waals surface area contributed by atoms with Crippen LogP contribution in [0.15, 0.2) is 143 Å². The van der Waals surface area contributed by atoms with Gasteiger partial charge in [0.15, 0.2) is 0 Å². The largest absolute Gasteiger partial charge is 0.469 e. The van der Waals surface area contributed by atoms with E-state index in [4.69, 9.17) is 11.0 Å². The number of nitrogens with zero attached hydrogens (tertiary/aromatic N) is 2. The normalized spacial score (nSPS) is 24.5. The Kier molecular flexibility index (Phi) is 13.5. The first-order valence-electron chi connectivity index (χ1n) is 25.5. The van der Waals surface area contributed by atoms with Gasteiger partial charge in [0.2, 0.25) is 7.28 Å². The maximum atomic E-state index is 7.38. The van der Waals surface area contributed by atoms with E-state index in [1.54, 1.807) is 0 Å². The number of hydrogen-bond acceptors (Lipinski definition) is 4. The van der Waals surface area contributed by atoms with Crippen molar-refractivity contribution in [2.24, 2.45) is 28.1 Å². The van der Waals surface area contributed by atoms with Crippen LogP contribution in [-0.2, 0) is 10.8 Å². The van der Waals surface area contributed by atoms with Crippen molar-refractivity contribution in [2.45, 2.75) is 164 Å². The van der Waals surface area contributed by atoms with Gasteiger partial charge in [0.05, 0.1) is 23.4 Å². The molecule has 1 radical (unpaired) electrons. The lowest BCUT2D eigenvalue weighted by molar-refractivity contribution is 0.311. The molecule has 0 fully saturated rings. The number of anilines is 1. The Labute approximate surface area is 410 Å². The second-order valence-electron chi connectivity index (χ2n) is 24.1. The molecule has 3 atom stereocenters. The molecular formula is C62H80BN2OS. The van der Waals surface area contributed by atoms with Gasteiger partial charge >= 0.3 is 0 Å². The Hall–Kier alpha value is -4.48. The highest BCUT2D eigenvalue weighted by atomic mass is 32.1. The van der Waals surface area contributed by atoms with Gasteiger partial charge < -0.3 is 14.2 Å². The zero-order valence-corrected chi connectivity index (χ0v) is 44.3. The van der Waals surface area contributed by atoms with Gasteiger partial charge in [-0.1, -0.05) is 157 Å². The van der Waals surface area contributed by atoms with Gasteiger partial charge in [-0.05, 0) is 155 Å². The van der Waals surface area contributed by atoms with E-state index in [0.29, 0.717) is 5.92 Å². The number of furan rings is 1. The van der Waals surface area contributed by atoms with Crippen molar-refractivity contribution >= 4 is 51.0 Å². The maximum absolute atomic E-state index is 7.38. The highest BCUT2D eigenvalue weighted by Gasteiger charge is 2.41. The molecule has 0 saturated heterocycles. The fourth-order valence-corrected chi connectivity index (χ4v) is 12.3. The van der Waals surface area contributed by atoms with Crippen molar-refractivity contribution < 1.29 is 4.42 Å². The van der Waals surface area contributed by atoms with Crippen molar-refractivity contribution in [2.75, 3.05) is 4.90 Å². The van der Waals surface area contributed by atoms with E-state index in [2.05, 4.69) is 217 Å². The average Bonchev–Trinajstić information content (AvgIpc) is 3.87. The maximum Gasteiger partial charge on any atom is 0.236 e. The first-order valence-corrected chi connectivity index (χ1v) is 26.4. The lowest BCUT2D eigenvalue weighted by Gasteiger charge is -2.43. The monoisotopic (exact) mass is 912 g/mol. The number of benzene rings is 2. The van der Waals surface area contributed by atoms with Crippen LogP contribution in [-0.4, -0.2) is 18.2 Å². The molecule has 4 aromatic rings. The quantitative estimate of drug-likeness (QED) is 0.110. The number of rotatable bonds is 11. The molecule has 2 aromatic carbocycles. The molecule has 353 valence electrons. The van der Waals surface area contributed by atoms with Crippen LogP contribution >= 0.6 is 11.3 Å². The number of thiophene rings is 1. The third-order valence-corrected chi connectivity index (χ3v) is 17.6. The fraction of sp³-hybridized carbons (Fsp3) is 0.484. The van der Waals surface area contributed by atoms with Gasteiger partial charge in [0.1, 0.15) is 5.58 Å².